The Morgan fingerprint density at radius 2 is 2.26 bits per heavy atom. The van der Waals surface area contributed by atoms with Gasteiger partial charge in [0.05, 0.1) is 12.1 Å². The summed E-state index contributed by atoms with van der Waals surface area (Å²) in [4.78, 5) is 8.43. The van der Waals surface area contributed by atoms with Crippen LogP contribution in [0, 0.1) is 5.92 Å². The number of anilines is 1. The molecule has 1 aliphatic heterocycles. The molecule has 3 rings (SSSR count). The molecule has 1 aromatic carbocycles. The number of halogens is 2. The van der Waals surface area contributed by atoms with Crippen LogP contribution in [0.5, 0.6) is 5.75 Å². The smallest absolute Gasteiger partial charge is 0.193 e. The molecule has 3 N–H and O–H groups in total. The van der Waals surface area contributed by atoms with Gasteiger partial charge in [-0.05, 0) is 62.0 Å². The topological polar surface area (TPSA) is 62.9 Å². The highest BCUT2D eigenvalue weighted by Gasteiger charge is 2.30. The van der Waals surface area contributed by atoms with Crippen LogP contribution in [0.15, 0.2) is 40.7 Å². The summed E-state index contributed by atoms with van der Waals surface area (Å²) < 4.78 is 5.16. The van der Waals surface area contributed by atoms with Crippen LogP contribution in [0.4, 0.5) is 5.69 Å². The molecule has 0 radical (unpaired) electrons. The van der Waals surface area contributed by atoms with Gasteiger partial charge in [-0.1, -0.05) is 17.7 Å². The van der Waals surface area contributed by atoms with E-state index in [9.17, 15) is 0 Å². The number of benzene rings is 1. The first-order valence-electron chi connectivity index (χ1n) is 8.72. The number of thiophene rings is 1. The van der Waals surface area contributed by atoms with Gasteiger partial charge >= 0.3 is 0 Å². The Morgan fingerprint density at radius 1 is 1.44 bits per heavy atom. The Labute approximate surface area is 187 Å². The summed E-state index contributed by atoms with van der Waals surface area (Å²) in [5.74, 6) is 1.51. The maximum Gasteiger partial charge on any atom is 0.193 e. The molecule has 2 aromatic rings. The number of nitrogens with one attached hydrogen (secondary N) is 1. The van der Waals surface area contributed by atoms with Crippen LogP contribution in [0.2, 0.25) is 5.02 Å². The second-order valence-electron chi connectivity index (χ2n) is 6.54. The number of aliphatic imine (C=N–C) groups is 1. The standard InChI is InChI=1S/C19H25ClN4OS.HI/c1-24-9-3-5-13(18(24)17-6-4-10-26-17)12-22-19(21)23-14-7-8-16(25-2)15(20)11-14;/h4,6-8,10-11,13,18H,3,5,9,12H2,1-2H3,(H3,21,22,23);1H. The molecule has 0 amide bonds. The van der Waals surface area contributed by atoms with Gasteiger partial charge in [0.2, 0.25) is 0 Å². The summed E-state index contributed by atoms with van der Waals surface area (Å²) in [7, 11) is 3.79. The van der Waals surface area contributed by atoms with Gasteiger partial charge in [0.1, 0.15) is 5.75 Å². The monoisotopic (exact) mass is 520 g/mol. The van der Waals surface area contributed by atoms with E-state index in [1.54, 1.807) is 19.2 Å². The summed E-state index contributed by atoms with van der Waals surface area (Å²) in [6.45, 7) is 1.83. The zero-order valence-electron chi connectivity index (χ0n) is 15.5. The molecular formula is C19H26ClIN4OS. The SMILES string of the molecule is COc1ccc(NC(N)=NCC2CCCN(C)C2c2cccs2)cc1Cl.I. The first kappa shape index (κ1) is 22.3. The van der Waals surface area contributed by atoms with Crippen molar-refractivity contribution in [2.75, 3.05) is 32.6 Å². The van der Waals surface area contributed by atoms with Gasteiger partial charge in [-0.15, -0.1) is 35.3 Å². The van der Waals surface area contributed by atoms with Gasteiger partial charge in [-0.3, -0.25) is 9.89 Å². The fourth-order valence-electron chi connectivity index (χ4n) is 3.51. The van der Waals surface area contributed by atoms with Crippen molar-refractivity contribution in [2.24, 2.45) is 16.6 Å². The largest absolute Gasteiger partial charge is 0.495 e. The fourth-order valence-corrected chi connectivity index (χ4v) is 4.75. The maximum atomic E-state index is 6.15. The summed E-state index contributed by atoms with van der Waals surface area (Å²) in [5, 5.41) is 5.79. The minimum absolute atomic E-state index is 0. The average Bonchev–Trinajstić information content (AvgIpc) is 3.14. The molecule has 1 aromatic heterocycles. The van der Waals surface area contributed by atoms with Crippen molar-refractivity contribution in [3.63, 3.8) is 0 Å². The number of piperidine rings is 1. The van der Waals surface area contributed by atoms with E-state index in [4.69, 9.17) is 22.1 Å². The normalized spacial score (nSPS) is 20.8. The van der Waals surface area contributed by atoms with Crippen LogP contribution >= 0.6 is 46.9 Å². The number of hydrogen-bond acceptors (Lipinski definition) is 4. The van der Waals surface area contributed by atoms with Gasteiger partial charge < -0.3 is 15.8 Å². The highest BCUT2D eigenvalue weighted by atomic mass is 127. The lowest BCUT2D eigenvalue weighted by atomic mass is 9.88. The molecular weight excluding hydrogens is 495 g/mol. The molecule has 1 saturated heterocycles. The average molecular weight is 521 g/mol. The van der Waals surface area contributed by atoms with E-state index in [-0.39, 0.29) is 24.0 Å². The lowest BCUT2D eigenvalue weighted by molar-refractivity contribution is 0.128. The van der Waals surface area contributed by atoms with E-state index in [0.29, 0.717) is 35.2 Å². The van der Waals surface area contributed by atoms with E-state index in [0.717, 1.165) is 18.7 Å². The van der Waals surface area contributed by atoms with Crippen molar-refractivity contribution < 1.29 is 4.74 Å². The Morgan fingerprint density at radius 3 is 2.93 bits per heavy atom. The number of methoxy groups -OCH3 is 1. The Hall–Kier alpha value is -1.03. The van der Waals surface area contributed by atoms with E-state index >= 15 is 0 Å². The molecule has 2 heterocycles. The molecule has 8 heteroatoms. The minimum atomic E-state index is 0. The van der Waals surface area contributed by atoms with Gasteiger partial charge in [-0.2, -0.15) is 0 Å². The van der Waals surface area contributed by atoms with Crippen LogP contribution in [0.25, 0.3) is 0 Å². The summed E-state index contributed by atoms with van der Waals surface area (Å²) in [6.07, 6.45) is 2.36. The Bertz CT molecular complexity index is 756. The molecule has 5 nitrogen and oxygen atoms in total. The Kier molecular flexibility index (Phi) is 8.65. The predicted molar refractivity (Wildman–Crippen MR) is 126 cm³/mol. The summed E-state index contributed by atoms with van der Waals surface area (Å²) in [6, 6.07) is 10.2. The van der Waals surface area contributed by atoms with Crippen LogP contribution in [-0.4, -0.2) is 38.1 Å². The highest BCUT2D eigenvalue weighted by Crippen LogP contribution is 2.37. The van der Waals surface area contributed by atoms with Gasteiger partial charge in [0.15, 0.2) is 5.96 Å². The van der Waals surface area contributed by atoms with Crippen molar-refractivity contribution in [3.05, 3.63) is 45.6 Å². The number of nitrogens with two attached hydrogens (primary N) is 1. The summed E-state index contributed by atoms with van der Waals surface area (Å²) in [5.41, 5.74) is 6.89. The zero-order valence-corrected chi connectivity index (χ0v) is 19.4. The van der Waals surface area contributed by atoms with Crippen molar-refractivity contribution in [1.82, 2.24) is 4.90 Å². The lowest BCUT2D eigenvalue weighted by Gasteiger charge is -2.38. The molecule has 0 spiro atoms. The third-order valence-corrected chi connectivity index (χ3v) is 6.00. The van der Waals surface area contributed by atoms with E-state index in [1.807, 2.05) is 17.4 Å². The molecule has 1 aliphatic rings. The molecule has 27 heavy (non-hydrogen) atoms. The molecule has 1 fully saturated rings. The second kappa shape index (κ2) is 10.5. The molecule has 148 valence electrons. The molecule has 0 aliphatic carbocycles. The zero-order chi connectivity index (χ0) is 18.5. The second-order valence-corrected chi connectivity index (χ2v) is 7.93. The van der Waals surface area contributed by atoms with Gasteiger partial charge in [-0.25, -0.2) is 0 Å². The number of hydrogen-bond donors (Lipinski definition) is 2. The van der Waals surface area contributed by atoms with E-state index in [2.05, 4.69) is 39.8 Å². The fraction of sp³-hybridized carbons (Fsp3) is 0.421. The maximum absolute atomic E-state index is 6.15. The number of likely N-dealkylation sites (tertiary alicyclic amines) is 1. The number of nitrogens with zero attached hydrogens (tertiary/aromatic N) is 2. The summed E-state index contributed by atoms with van der Waals surface area (Å²) >= 11 is 7.97. The highest BCUT2D eigenvalue weighted by molar-refractivity contribution is 14.0. The van der Waals surface area contributed by atoms with E-state index in [1.165, 1.54) is 11.3 Å². The van der Waals surface area contributed by atoms with Crippen LogP contribution in [-0.2, 0) is 0 Å². The van der Waals surface area contributed by atoms with Gasteiger partial charge in [0.25, 0.3) is 0 Å². The van der Waals surface area contributed by atoms with Crippen LogP contribution in [0.3, 0.4) is 0 Å². The molecule has 0 bridgehead atoms. The first-order chi connectivity index (χ1) is 12.6. The third-order valence-electron chi connectivity index (χ3n) is 4.76. The van der Waals surface area contributed by atoms with Crippen molar-refractivity contribution >= 4 is 58.6 Å². The van der Waals surface area contributed by atoms with Crippen molar-refractivity contribution in [1.29, 1.82) is 0 Å². The quantitative estimate of drug-likeness (QED) is 0.336. The minimum Gasteiger partial charge on any atom is -0.495 e. The van der Waals surface area contributed by atoms with E-state index < -0.39 is 0 Å². The molecule has 2 atom stereocenters. The van der Waals surface area contributed by atoms with Gasteiger partial charge in [0, 0.05) is 23.2 Å². The van der Waals surface area contributed by atoms with Crippen LogP contribution in [0.1, 0.15) is 23.8 Å². The van der Waals surface area contributed by atoms with Crippen molar-refractivity contribution in [2.45, 2.75) is 18.9 Å². The number of guanidine groups is 1. The van der Waals surface area contributed by atoms with Crippen LogP contribution < -0.4 is 15.8 Å². The molecule has 2 unspecified atom stereocenters. The molecule has 0 saturated carbocycles. The number of rotatable bonds is 5. The Balaban J connectivity index is 0.00000261. The first-order valence-corrected chi connectivity index (χ1v) is 9.98. The number of ether oxygens (including phenoxy) is 1. The predicted octanol–water partition coefficient (Wildman–Crippen LogP) is 4.84. The third kappa shape index (κ3) is 5.73. The van der Waals surface area contributed by atoms with Crippen molar-refractivity contribution in [3.8, 4) is 5.75 Å². The lowest BCUT2D eigenvalue weighted by Crippen LogP contribution is -2.37.